The zero-order valence-electron chi connectivity index (χ0n) is 14.0. The maximum absolute atomic E-state index is 11.8. The maximum atomic E-state index is 11.8. The molecule has 8 nitrogen and oxygen atoms in total. The van der Waals surface area contributed by atoms with Crippen molar-refractivity contribution in [1.29, 1.82) is 0 Å². The van der Waals surface area contributed by atoms with Crippen molar-refractivity contribution < 1.29 is 14.5 Å². The minimum atomic E-state index is -0.553. The number of rotatable bonds is 3. The number of hydrogen-bond acceptors (Lipinski definition) is 6. The first-order valence-corrected chi connectivity index (χ1v) is 7.75. The third-order valence-electron chi connectivity index (χ3n) is 3.56. The fourth-order valence-electron chi connectivity index (χ4n) is 2.47. The van der Waals surface area contributed by atoms with Gasteiger partial charge in [-0.3, -0.25) is 10.1 Å². The van der Waals surface area contributed by atoms with Crippen LogP contribution < -0.4 is 11.1 Å². The molecule has 0 radical (unpaired) electrons. The van der Waals surface area contributed by atoms with E-state index >= 15 is 0 Å². The number of ether oxygens (including phenoxy) is 1. The van der Waals surface area contributed by atoms with Gasteiger partial charge in [0.1, 0.15) is 5.60 Å². The Balaban J connectivity index is 1.99. The van der Waals surface area contributed by atoms with Crippen LogP contribution in [0.4, 0.5) is 16.3 Å². The van der Waals surface area contributed by atoms with Gasteiger partial charge < -0.3 is 15.8 Å². The standard InChI is InChI=1S/C16H22N4O4/c1-16(2,3)24-15(21)18-11-6-4-10(5-7-11)12-8-9-13(20(22)23)14(17)19-12/h4,8-9,11H,5-7H2,1-3H3,(H2,17,19)(H,18,21). The molecule has 0 bridgehead atoms. The lowest BCUT2D eigenvalue weighted by molar-refractivity contribution is -0.384. The number of carbonyl (C=O) groups excluding carboxylic acids is 1. The van der Waals surface area contributed by atoms with Crippen LogP contribution >= 0.6 is 0 Å². The summed E-state index contributed by atoms with van der Waals surface area (Å²) < 4.78 is 5.24. The molecule has 1 amide bonds. The number of nitrogen functional groups attached to an aromatic ring is 1. The Morgan fingerprint density at radius 3 is 2.67 bits per heavy atom. The van der Waals surface area contributed by atoms with E-state index in [9.17, 15) is 14.9 Å². The second-order valence-electron chi connectivity index (χ2n) is 6.70. The Labute approximate surface area is 140 Å². The molecule has 0 fully saturated rings. The smallest absolute Gasteiger partial charge is 0.407 e. The van der Waals surface area contributed by atoms with E-state index in [0.29, 0.717) is 18.5 Å². The first-order valence-electron chi connectivity index (χ1n) is 7.75. The average Bonchev–Trinajstić information content (AvgIpc) is 2.45. The lowest BCUT2D eigenvalue weighted by Gasteiger charge is -2.25. The van der Waals surface area contributed by atoms with Crippen LogP contribution in [-0.4, -0.2) is 27.6 Å². The molecule has 3 N–H and O–H groups in total. The number of anilines is 1. The summed E-state index contributed by atoms with van der Waals surface area (Å²) >= 11 is 0. The number of hydrogen-bond donors (Lipinski definition) is 2. The molecule has 0 saturated carbocycles. The van der Waals surface area contributed by atoms with Crippen LogP contribution in [0.15, 0.2) is 18.2 Å². The summed E-state index contributed by atoms with van der Waals surface area (Å²) in [6.45, 7) is 5.45. The monoisotopic (exact) mass is 334 g/mol. The molecule has 1 aromatic rings. The van der Waals surface area contributed by atoms with Crippen molar-refractivity contribution in [3.63, 3.8) is 0 Å². The van der Waals surface area contributed by atoms with Crippen LogP contribution in [0.25, 0.3) is 5.57 Å². The largest absolute Gasteiger partial charge is 0.444 e. The molecular weight excluding hydrogens is 312 g/mol. The molecule has 24 heavy (non-hydrogen) atoms. The van der Waals surface area contributed by atoms with Crippen molar-refractivity contribution >= 4 is 23.2 Å². The van der Waals surface area contributed by atoms with Gasteiger partial charge in [-0.05, 0) is 51.7 Å². The highest BCUT2D eigenvalue weighted by Gasteiger charge is 2.22. The minimum Gasteiger partial charge on any atom is -0.444 e. The first kappa shape index (κ1) is 17.7. The third kappa shape index (κ3) is 4.68. The molecule has 1 atom stereocenters. The molecule has 0 aliphatic heterocycles. The molecule has 1 heterocycles. The molecule has 1 unspecified atom stereocenters. The van der Waals surface area contributed by atoms with E-state index < -0.39 is 16.6 Å². The number of nitrogens with one attached hydrogen (secondary N) is 1. The van der Waals surface area contributed by atoms with E-state index in [0.717, 1.165) is 12.0 Å². The summed E-state index contributed by atoms with van der Waals surface area (Å²) in [6.07, 6.45) is 3.63. The van der Waals surface area contributed by atoms with Crippen LogP contribution in [0, 0.1) is 10.1 Å². The van der Waals surface area contributed by atoms with Crippen LogP contribution in [0.1, 0.15) is 45.7 Å². The Hall–Kier alpha value is -2.64. The van der Waals surface area contributed by atoms with E-state index in [4.69, 9.17) is 10.5 Å². The molecule has 130 valence electrons. The number of nitrogens with two attached hydrogens (primary N) is 1. The van der Waals surface area contributed by atoms with Crippen LogP contribution in [0.5, 0.6) is 0 Å². The van der Waals surface area contributed by atoms with Crippen LogP contribution in [0.3, 0.4) is 0 Å². The topological polar surface area (TPSA) is 120 Å². The molecule has 2 rings (SSSR count). The normalized spacial score (nSPS) is 17.8. The Bertz CT molecular complexity index is 679. The number of alkyl carbamates (subject to hydrolysis) is 1. The highest BCUT2D eigenvalue weighted by molar-refractivity contribution is 5.70. The van der Waals surface area contributed by atoms with Gasteiger partial charge in [0.2, 0.25) is 5.82 Å². The number of allylic oxidation sites excluding steroid dienone is 1. The first-order chi connectivity index (χ1) is 11.2. The van der Waals surface area contributed by atoms with E-state index in [1.807, 2.05) is 26.8 Å². The van der Waals surface area contributed by atoms with Gasteiger partial charge in [-0.1, -0.05) is 6.08 Å². The summed E-state index contributed by atoms with van der Waals surface area (Å²) in [5, 5.41) is 13.6. The Kier molecular flexibility index (Phi) is 5.06. The predicted octanol–water partition coefficient (Wildman–Crippen LogP) is 3.03. The summed E-state index contributed by atoms with van der Waals surface area (Å²) in [5.74, 6) is -0.0904. The lowest BCUT2D eigenvalue weighted by atomic mass is 9.93. The molecule has 1 aromatic heterocycles. The summed E-state index contributed by atoms with van der Waals surface area (Å²) in [7, 11) is 0. The number of aromatic nitrogens is 1. The summed E-state index contributed by atoms with van der Waals surface area (Å²) in [5.41, 5.74) is 6.51. The van der Waals surface area contributed by atoms with Gasteiger partial charge in [-0.25, -0.2) is 9.78 Å². The molecule has 1 aliphatic carbocycles. The number of nitro groups is 1. The highest BCUT2D eigenvalue weighted by Crippen LogP contribution is 2.29. The number of amides is 1. The van der Waals surface area contributed by atoms with Crippen molar-refractivity contribution in [2.75, 3.05) is 5.73 Å². The highest BCUT2D eigenvalue weighted by atomic mass is 16.6. The molecular formula is C16H22N4O4. The van der Waals surface area contributed by atoms with Gasteiger partial charge in [0.25, 0.3) is 0 Å². The number of nitrogens with zero attached hydrogens (tertiary/aromatic N) is 2. The Morgan fingerprint density at radius 1 is 1.46 bits per heavy atom. The van der Waals surface area contributed by atoms with Gasteiger partial charge >= 0.3 is 11.8 Å². The molecule has 1 aliphatic rings. The summed E-state index contributed by atoms with van der Waals surface area (Å²) in [4.78, 5) is 26.1. The van der Waals surface area contributed by atoms with Gasteiger partial charge in [0, 0.05) is 12.1 Å². The molecule has 0 saturated heterocycles. The van der Waals surface area contributed by atoms with Crippen molar-refractivity contribution in [2.24, 2.45) is 0 Å². The van der Waals surface area contributed by atoms with Crippen molar-refractivity contribution in [3.8, 4) is 0 Å². The third-order valence-corrected chi connectivity index (χ3v) is 3.56. The predicted molar refractivity (Wildman–Crippen MR) is 90.3 cm³/mol. The second kappa shape index (κ2) is 6.86. The molecule has 0 spiro atoms. The van der Waals surface area contributed by atoms with Gasteiger partial charge in [0.05, 0.1) is 10.6 Å². The van der Waals surface area contributed by atoms with E-state index in [2.05, 4.69) is 10.3 Å². The van der Waals surface area contributed by atoms with Crippen LogP contribution in [0.2, 0.25) is 0 Å². The second-order valence-corrected chi connectivity index (χ2v) is 6.70. The zero-order valence-corrected chi connectivity index (χ0v) is 14.0. The fourth-order valence-corrected chi connectivity index (χ4v) is 2.47. The molecule has 8 heteroatoms. The van der Waals surface area contributed by atoms with Gasteiger partial charge in [0.15, 0.2) is 0 Å². The lowest BCUT2D eigenvalue weighted by Crippen LogP contribution is -2.39. The van der Waals surface area contributed by atoms with Crippen LogP contribution in [-0.2, 0) is 4.74 Å². The molecule has 0 aromatic carbocycles. The maximum Gasteiger partial charge on any atom is 0.407 e. The SMILES string of the molecule is CC(C)(C)OC(=O)NC1CC=C(c2ccc([N+](=O)[O-])c(N)n2)CC1. The van der Waals surface area contributed by atoms with E-state index in [1.54, 1.807) is 6.07 Å². The number of pyridine rings is 1. The van der Waals surface area contributed by atoms with Crippen molar-refractivity contribution in [1.82, 2.24) is 10.3 Å². The van der Waals surface area contributed by atoms with Gasteiger partial charge in [-0.15, -0.1) is 0 Å². The zero-order chi connectivity index (χ0) is 17.9. The van der Waals surface area contributed by atoms with Gasteiger partial charge in [-0.2, -0.15) is 0 Å². The number of carbonyl (C=O) groups is 1. The summed E-state index contributed by atoms with van der Waals surface area (Å²) in [6, 6.07) is 2.96. The minimum absolute atomic E-state index is 0.000930. The quantitative estimate of drug-likeness (QED) is 0.647. The Morgan fingerprint density at radius 2 is 2.17 bits per heavy atom. The average molecular weight is 334 g/mol. The van der Waals surface area contributed by atoms with E-state index in [1.165, 1.54) is 6.07 Å². The van der Waals surface area contributed by atoms with E-state index in [-0.39, 0.29) is 17.5 Å². The fraction of sp³-hybridized carbons (Fsp3) is 0.500. The van der Waals surface area contributed by atoms with Crippen molar-refractivity contribution in [3.05, 3.63) is 34.0 Å². The van der Waals surface area contributed by atoms with Crippen molar-refractivity contribution in [2.45, 2.75) is 51.7 Å².